The first kappa shape index (κ1) is 15.2. The SMILES string of the molecule is CC(O)COCCSCCOCC(C)O. The maximum Gasteiger partial charge on any atom is 0.0745 e. The van der Waals surface area contributed by atoms with Crippen LogP contribution in [-0.2, 0) is 9.47 Å². The quantitative estimate of drug-likeness (QED) is 0.543. The van der Waals surface area contributed by atoms with E-state index in [2.05, 4.69) is 0 Å². The second kappa shape index (κ2) is 10.7. The molecule has 92 valence electrons. The highest BCUT2D eigenvalue weighted by Crippen LogP contribution is 1.99. The number of hydrogen-bond acceptors (Lipinski definition) is 5. The molecule has 0 bridgehead atoms. The van der Waals surface area contributed by atoms with Crippen molar-refractivity contribution >= 4 is 11.8 Å². The van der Waals surface area contributed by atoms with Crippen LogP contribution in [0.1, 0.15) is 13.8 Å². The molecule has 0 aromatic heterocycles. The van der Waals surface area contributed by atoms with Crippen LogP contribution in [0.15, 0.2) is 0 Å². The summed E-state index contributed by atoms with van der Waals surface area (Å²) in [6.45, 7) is 5.53. The highest BCUT2D eigenvalue weighted by Gasteiger charge is 1.97. The van der Waals surface area contributed by atoms with Crippen LogP contribution in [0.4, 0.5) is 0 Å². The number of hydrogen-bond donors (Lipinski definition) is 2. The molecule has 2 atom stereocenters. The molecule has 0 spiro atoms. The third-order valence-corrected chi connectivity index (χ3v) is 2.37. The molecule has 0 heterocycles. The summed E-state index contributed by atoms with van der Waals surface area (Å²) in [4.78, 5) is 0. The van der Waals surface area contributed by atoms with Crippen molar-refractivity contribution in [2.75, 3.05) is 37.9 Å². The first-order chi connectivity index (χ1) is 7.13. The average molecular weight is 238 g/mol. The Hall–Kier alpha value is 0.190. The molecule has 0 aromatic carbocycles. The standard InChI is InChI=1S/C10H22O4S/c1-9(11)7-13-3-5-15-6-4-14-8-10(2)12/h9-12H,3-8H2,1-2H3. The van der Waals surface area contributed by atoms with Crippen LogP contribution in [0.3, 0.4) is 0 Å². The van der Waals surface area contributed by atoms with Gasteiger partial charge in [-0.15, -0.1) is 0 Å². The number of rotatable bonds is 10. The monoisotopic (exact) mass is 238 g/mol. The molecule has 0 aliphatic carbocycles. The van der Waals surface area contributed by atoms with E-state index in [1.54, 1.807) is 25.6 Å². The minimum absolute atomic E-state index is 0.385. The Morgan fingerprint density at radius 2 is 1.33 bits per heavy atom. The van der Waals surface area contributed by atoms with Crippen molar-refractivity contribution in [2.24, 2.45) is 0 Å². The summed E-state index contributed by atoms with van der Waals surface area (Å²) < 4.78 is 10.4. The van der Waals surface area contributed by atoms with Crippen molar-refractivity contribution in [3.8, 4) is 0 Å². The largest absolute Gasteiger partial charge is 0.391 e. The number of aliphatic hydroxyl groups excluding tert-OH is 2. The minimum Gasteiger partial charge on any atom is -0.391 e. The molecule has 4 nitrogen and oxygen atoms in total. The van der Waals surface area contributed by atoms with Crippen LogP contribution in [0.2, 0.25) is 0 Å². The smallest absolute Gasteiger partial charge is 0.0745 e. The summed E-state index contributed by atoms with van der Waals surface area (Å²) in [5.41, 5.74) is 0. The van der Waals surface area contributed by atoms with Crippen LogP contribution >= 0.6 is 11.8 Å². The molecule has 2 N–H and O–H groups in total. The van der Waals surface area contributed by atoms with E-state index in [4.69, 9.17) is 19.7 Å². The highest BCUT2D eigenvalue weighted by molar-refractivity contribution is 7.99. The van der Waals surface area contributed by atoms with Gasteiger partial charge in [0.1, 0.15) is 0 Å². The Morgan fingerprint density at radius 3 is 1.67 bits per heavy atom. The molecule has 0 saturated heterocycles. The van der Waals surface area contributed by atoms with Gasteiger partial charge < -0.3 is 19.7 Å². The molecular weight excluding hydrogens is 216 g/mol. The highest BCUT2D eigenvalue weighted by atomic mass is 32.2. The van der Waals surface area contributed by atoms with Crippen LogP contribution in [-0.4, -0.2) is 60.4 Å². The fraction of sp³-hybridized carbons (Fsp3) is 1.00. The number of ether oxygens (including phenoxy) is 2. The van der Waals surface area contributed by atoms with Crippen LogP contribution in [0.25, 0.3) is 0 Å². The van der Waals surface area contributed by atoms with E-state index in [-0.39, 0.29) is 12.2 Å². The molecule has 0 fully saturated rings. The number of thioether (sulfide) groups is 1. The van der Waals surface area contributed by atoms with Gasteiger partial charge in [-0.3, -0.25) is 0 Å². The maximum atomic E-state index is 8.90. The zero-order valence-electron chi connectivity index (χ0n) is 9.52. The van der Waals surface area contributed by atoms with Gasteiger partial charge >= 0.3 is 0 Å². The number of aliphatic hydroxyl groups is 2. The van der Waals surface area contributed by atoms with Crippen molar-refractivity contribution in [1.29, 1.82) is 0 Å². The first-order valence-electron chi connectivity index (χ1n) is 5.22. The topological polar surface area (TPSA) is 58.9 Å². The third kappa shape index (κ3) is 14.2. The Balaban J connectivity index is 2.93. The van der Waals surface area contributed by atoms with Crippen molar-refractivity contribution in [3.05, 3.63) is 0 Å². The lowest BCUT2D eigenvalue weighted by atomic mass is 10.4. The van der Waals surface area contributed by atoms with E-state index in [0.717, 1.165) is 11.5 Å². The summed E-state index contributed by atoms with van der Waals surface area (Å²) >= 11 is 1.74. The Bertz CT molecular complexity index is 117. The Labute approximate surface area is 96.0 Å². The van der Waals surface area contributed by atoms with Gasteiger partial charge in [0, 0.05) is 11.5 Å². The van der Waals surface area contributed by atoms with Crippen LogP contribution < -0.4 is 0 Å². The Kier molecular flexibility index (Phi) is 10.8. The van der Waals surface area contributed by atoms with Gasteiger partial charge in [-0.25, -0.2) is 0 Å². The summed E-state index contributed by atoms with van der Waals surface area (Å²) in [5, 5.41) is 17.8. The average Bonchev–Trinajstić information content (AvgIpc) is 2.14. The van der Waals surface area contributed by atoms with Gasteiger partial charge in [-0.05, 0) is 13.8 Å². The zero-order chi connectivity index (χ0) is 11.5. The van der Waals surface area contributed by atoms with E-state index in [9.17, 15) is 0 Å². The van der Waals surface area contributed by atoms with E-state index in [1.165, 1.54) is 0 Å². The third-order valence-electron chi connectivity index (χ3n) is 1.46. The van der Waals surface area contributed by atoms with Crippen molar-refractivity contribution in [3.63, 3.8) is 0 Å². The molecule has 0 radical (unpaired) electrons. The van der Waals surface area contributed by atoms with Gasteiger partial charge in [0.25, 0.3) is 0 Å². The van der Waals surface area contributed by atoms with Gasteiger partial charge in [0.2, 0.25) is 0 Å². The molecule has 0 aromatic rings. The minimum atomic E-state index is -0.385. The van der Waals surface area contributed by atoms with Gasteiger partial charge in [0.15, 0.2) is 0 Å². The van der Waals surface area contributed by atoms with Crippen molar-refractivity contribution < 1.29 is 19.7 Å². The summed E-state index contributed by atoms with van der Waals surface area (Å²) in [7, 11) is 0. The molecular formula is C10H22O4S. The molecule has 0 saturated carbocycles. The fourth-order valence-corrected chi connectivity index (χ4v) is 1.52. The second-order valence-corrected chi connectivity index (χ2v) is 4.68. The van der Waals surface area contributed by atoms with Gasteiger partial charge in [0.05, 0.1) is 38.6 Å². The first-order valence-corrected chi connectivity index (χ1v) is 6.37. The fourth-order valence-electron chi connectivity index (χ4n) is 0.846. The van der Waals surface area contributed by atoms with Crippen LogP contribution in [0.5, 0.6) is 0 Å². The predicted octanol–water partition coefficient (Wildman–Crippen LogP) is 0.514. The lowest BCUT2D eigenvalue weighted by molar-refractivity contribution is 0.0525. The maximum absolute atomic E-state index is 8.90. The normalized spacial score (nSPS) is 15.2. The second-order valence-electron chi connectivity index (χ2n) is 3.46. The molecule has 5 heteroatoms. The van der Waals surface area contributed by atoms with E-state index in [1.807, 2.05) is 0 Å². The zero-order valence-corrected chi connectivity index (χ0v) is 10.3. The molecule has 0 rings (SSSR count). The van der Waals surface area contributed by atoms with Crippen LogP contribution in [0, 0.1) is 0 Å². The molecule has 15 heavy (non-hydrogen) atoms. The summed E-state index contributed by atoms with van der Waals surface area (Å²) in [6, 6.07) is 0. The van der Waals surface area contributed by atoms with Gasteiger partial charge in [-0.1, -0.05) is 0 Å². The Morgan fingerprint density at radius 1 is 0.933 bits per heavy atom. The lowest BCUT2D eigenvalue weighted by Gasteiger charge is -2.07. The molecule has 2 unspecified atom stereocenters. The van der Waals surface area contributed by atoms with Crippen molar-refractivity contribution in [1.82, 2.24) is 0 Å². The van der Waals surface area contributed by atoms with Gasteiger partial charge in [-0.2, -0.15) is 11.8 Å². The molecule has 0 aliphatic heterocycles. The van der Waals surface area contributed by atoms with Crippen molar-refractivity contribution in [2.45, 2.75) is 26.1 Å². The summed E-state index contributed by atoms with van der Waals surface area (Å²) in [5.74, 6) is 1.81. The van der Waals surface area contributed by atoms with E-state index < -0.39 is 0 Å². The lowest BCUT2D eigenvalue weighted by Crippen LogP contribution is -2.13. The molecule has 0 aliphatic rings. The predicted molar refractivity (Wildman–Crippen MR) is 62.3 cm³/mol. The molecule has 0 amide bonds. The van der Waals surface area contributed by atoms with E-state index >= 15 is 0 Å². The summed E-state index contributed by atoms with van der Waals surface area (Å²) in [6.07, 6.45) is -0.770. The van der Waals surface area contributed by atoms with E-state index in [0.29, 0.717) is 26.4 Å².